The van der Waals surface area contributed by atoms with Crippen molar-refractivity contribution in [3.8, 4) is 0 Å². The number of amides is 1. The van der Waals surface area contributed by atoms with Crippen LogP contribution >= 0.6 is 0 Å². The topological polar surface area (TPSA) is 79.2 Å². The smallest absolute Gasteiger partial charge is 0.259 e. The maximum absolute atomic E-state index is 12.6. The molecule has 1 aromatic carbocycles. The van der Waals surface area contributed by atoms with Crippen molar-refractivity contribution in [1.29, 1.82) is 0 Å². The van der Waals surface area contributed by atoms with E-state index in [0.717, 1.165) is 11.3 Å². The van der Waals surface area contributed by atoms with E-state index in [1.54, 1.807) is 4.90 Å². The second-order valence-electron chi connectivity index (χ2n) is 5.08. The van der Waals surface area contributed by atoms with Crippen LogP contribution in [-0.2, 0) is 6.54 Å². The molecule has 0 atom stereocenters. The molecule has 5 nitrogen and oxygen atoms in total. The van der Waals surface area contributed by atoms with Crippen LogP contribution in [0.1, 0.15) is 29.8 Å². The summed E-state index contributed by atoms with van der Waals surface area (Å²) in [6.07, 6.45) is 1.44. The second kappa shape index (κ2) is 6.37. The summed E-state index contributed by atoms with van der Waals surface area (Å²) in [7, 11) is 0. The van der Waals surface area contributed by atoms with E-state index in [4.69, 9.17) is 5.73 Å². The number of hydrogen-bond acceptors (Lipinski definition) is 3. The molecule has 0 fully saturated rings. The third-order valence-electron chi connectivity index (χ3n) is 3.22. The summed E-state index contributed by atoms with van der Waals surface area (Å²) in [5.74, 6) is -0.151. The Kier molecular flexibility index (Phi) is 4.55. The van der Waals surface area contributed by atoms with Gasteiger partial charge in [-0.3, -0.25) is 9.59 Å². The standard InChI is InChI=1S/C16H19N3O2/c1-11(2)19(14-6-3-12(9-17)4-7-14)16(21)13-5-8-15(20)18-10-13/h3-8,10-11H,9,17H2,1-2H3,(H,18,20). The van der Waals surface area contributed by atoms with Gasteiger partial charge in [0.05, 0.1) is 5.56 Å². The zero-order valence-electron chi connectivity index (χ0n) is 12.2. The molecule has 1 heterocycles. The van der Waals surface area contributed by atoms with Crippen molar-refractivity contribution in [2.24, 2.45) is 5.73 Å². The molecule has 0 unspecified atom stereocenters. The van der Waals surface area contributed by atoms with Gasteiger partial charge in [0.15, 0.2) is 0 Å². The van der Waals surface area contributed by atoms with Crippen LogP contribution in [0.25, 0.3) is 0 Å². The first kappa shape index (κ1) is 15.0. The average Bonchev–Trinajstić information content (AvgIpc) is 2.48. The summed E-state index contributed by atoms with van der Waals surface area (Å²) >= 11 is 0. The maximum Gasteiger partial charge on any atom is 0.259 e. The lowest BCUT2D eigenvalue weighted by Crippen LogP contribution is -2.37. The van der Waals surface area contributed by atoms with Crippen molar-refractivity contribution < 1.29 is 4.79 Å². The van der Waals surface area contributed by atoms with Crippen LogP contribution < -0.4 is 16.2 Å². The van der Waals surface area contributed by atoms with Gasteiger partial charge in [0, 0.05) is 30.5 Å². The third-order valence-corrected chi connectivity index (χ3v) is 3.22. The van der Waals surface area contributed by atoms with Crippen LogP contribution in [0.3, 0.4) is 0 Å². The molecule has 1 amide bonds. The highest BCUT2D eigenvalue weighted by Gasteiger charge is 2.20. The van der Waals surface area contributed by atoms with Crippen molar-refractivity contribution in [2.75, 3.05) is 4.90 Å². The van der Waals surface area contributed by atoms with E-state index in [-0.39, 0.29) is 17.5 Å². The van der Waals surface area contributed by atoms with Crippen LogP contribution in [0.2, 0.25) is 0 Å². The molecule has 0 bridgehead atoms. The zero-order chi connectivity index (χ0) is 15.4. The van der Waals surface area contributed by atoms with Gasteiger partial charge in [0.1, 0.15) is 0 Å². The number of aromatic amines is 1. The van der Waals surface area contributed by atoms with Crippen molar-refractivity contribution in [3.63, 3.8) is 0 Å². The zero-order valence-corrected chi connectivity index (χ0v) is 12.2. The summed E-state index contributed by atoms with van der Waals surface area (Å²) in [4.78, 5) is 27.9. The number of H-pyrrole nitrogens is 1. The predicted octanol–water partition coefficient (Wildman–Crippen LogP) is 1.89. The molecule has 21 heavy (non-hydrogen) atoms. The second-order valence-corrected chi connectivity index (χ2v) is 5.08. The lowest BCUT2D eigenvalue weighted by atomic mass is 10.1. The third kappa shape index (κ3) is 3.38. The quantitative estimate of drug-likeness (QED) is 0.900. The van der Waals surface area contributed by atoms with E-state index >= 15 is 0 Å². The van der Waals surface area contributed by atoms with Crippen LogP contribution in [0.4, 0.5) is 5.69 Å². The van der Waals surface area contributed by atoms with Crippen molar-refractivity contribution in [2.45, 2.75) is 26.4 Å². The molecule has 0 radical (unpaired) electrons. The van der Waals surface area contributed by atoms with Gasteiger partial charge in [0.25, 0.3) is 5.91 Å². The number of anilines is 1. The Morgan fingerprint density at radius 1 is 1.19 bits per heavy atom. The van der Waals surface area contributed by atoms with Gasteiger partial charge >= 0.3 is 0 Å². The first-order valence-corrected chi connectivity index (χ1v) is 6.84. The summed E-state index contributed by atoms with van der Waals surface area (Å²) in [6.45, 7) is 4.36. The first-order valence-electron chi connectivity index (χ1n) is 6.84. The number of aromatic nitrogens is 1. The monoisotopic (exact) mass is 285 g/mol. The molecule has 0 aliphatic rings. The lowest BCUT2D eigenvalue weighted by molar-refractivity contribution is 0.0980. The number of rotatable bonds is 4. The van der Waals surface area contributed by atoms with Gasteiger partial charge in [-0.2, -0.15) is 0 Å². The summed E-state index contributed by atoms with van der Waals surface area (Å²) < 4.78 is 0. The highest BCUT2D eigenvalue weighted by Crippen LogP contribution is 2.20. The molecule has 5 heteroatoms. The van der Waals surface area contributed by atoms with E-state index in [0.29, 0.717) is 12.1 Å². The Labute approximate surface area is 123 Å². The normalized spacial score (nSPS) is 10.7. The summed E-state index contributed by atoms with van der Waals surface area (Å²) in [6, 6.07) is 10.5. The molecular weight excluding hydrogens is 266 g/mol. The van der Waals surface area contributed by atoms with Gasteiger partial charge < -0.3 is 15.6 Å². The van der Waals surface area contributed by atoms with Crippen molar-refractivity contribution >= 4 is 11.6 Å². The highest BCUT2D eigenvalue weighted by atomic mass is 16.2. The van der Waals surface area contributed by atoms with E-state index in [1.807, 2.05) is 38.1 Å². The minimum Gasteiger partial charge on any atom is -0.328 e. The van der Waals surface area contributed by atoms with E-state index in [1.165, 1.54) is 18.3 Å². The molecule has 0 saturated heterocycles. The molecule has 2 aromatic rings. The maximum atomic E-state index is 12.6. The highest BCUT2D eigenvalue weighted by molar-refractivity contribution is 6.06. The molecule has 3 N–H and O–H groups in total. The van der Waals surface area contributed by atoms with Gasteiger partial charge in [0.2, 0.25) is 5.56 Å². The van der Waals surface area contributed by atoms with Crippen LogP contribution in [-0.4, -0.2) is 16.9 Å². The summed E-state index contributed by atoms with van der Waals surface area (Å²) in [5.41, 5.74) is 7.63. The average molecular weight is 285 g/mol. The fourth-order valence-electron chi connectivity index (χ4n) is 2.13. The van der Waals surface area contributed by atoms with Gasteiger partial charge in [-0.1, -0.05) is 12.1 Å². The number of hydrogen-bond donors (Lipinski definition) is 2. The number of carbonyl (C=O) groups excluding carboxylic acids is 1. The van der Waals surface area contributed by atoms with Crippen molar-refractivity contribution in [1.82, 2.24) is 4.98 Å². The Morgan fingerprint density at radius 2 is 1.86 bits per heavy atom. The van der Waals surface area contributed by atoms with Gasteiger partial charge in [-0.05, 0) is 37.6 Å². The molecule has 0 saturated carbocycles. The van der Waals surface area contributed by atoms with Gasteiger partial charge in [-0.15, -0.1) is 0 Å². The fourth-order valence-corrected chi connectivity index (χ4v) is 2.13. The molecule has 2 rings (SSSR count). The SMILES string of the molecule is CC(C)N(C(=O)c1ccc(=O)[nH]c1)c1ccc(CN)cc1. The largest absolute Gasteiger partial charge is 0.328 e. The summed E-state index contributed by atoms with van der Waals surface area (Å²) in [5, 5.41) is 0. The number of carbonyl (C=O) groups is 1. The van der Waals surface area contributed by atoms with Gasteiger partial charge in [-0.25, -0.2) is 0 Å². The Bertz CT molecular complexity index is 654. The Balaban J connectivity index is 2.35. The Hall–Kier alpha value is -2.40. The number of nitrogens with zero attached hydrogens (tertiary/aromatic N) is 1. The molecular formula is C16H19N3O2. The van der Waals surface area contributed by atoms with E-state index in [2.05, 4.69) is 4.98 Å². The number of benzene rings is 1. The number of pyridine rings is 1. The van der Waals surface area contributed by atoms with E-state index < -0.39 is 0 Å². The number of nitrogens with two attached hydrogens (primary N) is 1. The Morgan fingerprint density at radius 3 is 2.33 bits per heavy atom. The van der Waals surface area contributed by atoms with E-state index in [9.17, 15) is 9.59 Å². The first-order chi connectivity index (χ1) is 10.0. The van der Waals surface area contributed by atoms with Crippen molar-refractivity contribution in [3.05, 3.63) is 64.1 Å². The van der Waals surface area contributed by atoms with Crippen LogP contribution in [0, 0.1) is 0 Å². The van der Waals surface area contributed by atoms with Crippen LogP contribution in [0.15, 0.2) is 47.4 Å². The fraction of sp³-hybridized carbons (Fsp3) is 0.250. The molecule has 110 valence electrons. The minimum absolute atomic E-state index is 0.00634. The number of nitrogens with one attached hydrogen (secondary N) is 1. The van der Waals surface area contributed by atoms with Crippen LogP contribution in [0.5, 0.6) is 0 Å². The molecule has 1 aromatic heterocycles. The predicted molar refractivity (Wildman–Crippen MR) is 83.3 cm³/mol. The minimum atomic E-state index is -0.227. The molecule has 0 aliphatic heterocycles. The molecule has 0 spiro atoms. The molecule has 0 aliphatic carbocycles. The lowest BCUT2D eigenvalue weighted by Gasteiger charge is -2.27.